The molecule has 0 spiro atoms. The van der Waals surface area contributed by atoms with E-state index in [1.807, 2.05) is 0 Å². The Balaban J connectivity index is 2.51. The summed E-state index contributed by atoms with van der Waals surface area (Å²) in [5.41, 5.74) is 5.39. The van der Waals surface area contributed by atoms with Crippen LogP contribution < -0.4 is 5.73 Å². The number of hydrogen-bond donors (Lipinski definition) is 1. The van der Waals surface area contributed by atoms with Crippen LogP contribution in [0.1, 0.15) is 5.01 Å². The van der Waals surface area contributed by atoms with Gasteiger partial charge in [0.1, 0.15) is 16.6 Å². The summed E-state index contributed by atoms with van der Waals surface area (Å²) >= 11 is 6.56. The van der Waals surface area contributed by atoms with Crippen molar-refractivity contribution in [2.24, 2.45) is 5.73 Å². The maximum Gasteiger partial charge on any atom is 0.150 e. The van der Waals surface area contributed by atoms with Gasteiger partial charge in [0.15, 0.2) is 5.01 Å². The lowest BCUT2D eigenvalue weighted by atomic mass is 10.2. The van der Waals surface area contributed by atoms with Crippen LogP contribution >= 0.6 is 22.9 Å². The van der Waals surface area contributed by atoms with Gasteiger partial charge in [-0.2, -0.15) is 0 Å². The highest BCUT2D eigenvalue weighted by Crippen LogP contribution is 2.29. The van der Waals surface area contributed by atoms with E-state index in [-0.39, 0.29) is 22.1 Å². The third kappa shape index (κ3) is 2.04. The smallest absolute Gasteiger partial charge is 0.150 e. The Labute approximate surface area is 98.9 Å². The fourth-order valence-electron chi connectivity index (χ4n) is 1.13. The molecular formula is C9H6ClF2N3S. The van der Waals surface area contributed by atoms with Gasteiger partial charge in [-0.25, -0.2) is 8.78 Å². The second kappa shape index (κ2) is 4.40. The molecule has 0 atom stereocenters. The van der Waals surface area contributed by atoms with Gasteiger partial charge in [-0.15, -0.1) is 10.2 Å². The van der Waals surface area contributed by atoms with Crippen molar-refractivity contribution in [1.29, 1.82) is 0 Å². The normalized spacial score (nSPS) is 10.8. The maximum atomic E-state index is 13.5. The van der Waals surface area contributed by atoms with Crippen LogP contribution in [0, 0.1) is 11.6 Å². The Kier molecular flexibility index (Phi) is 3.13. The number of benzene rings is 1. The first-order chi connectivity index (χ1) is 7.61. The topological polar surface area (TPSA) is 51.8 Å². The van der Waals surface area contributed by atoms with Crippen LogP contribution in [0.15, 0.2) is 12.1 Å². The molecule has 7 heteroatoms. The minimum absolute atomic E-state index is 0.0408. The molecule has 0 aliphatic rings. The Bertz CT molecular complexity index is 529. The molecule has 0 unspecified atom stereocenters. The molecule has 0 aliphatic heterocycles. The predicted molar refractivity (Wildman–Crippen MR) is 58.2 cm³/mol. The van der Waals surface area contributed by atoms with E-state index >= 15 is 0 Å². The lowest BCUT2D eigenvalue weighted by molar-refractivity contribution is 0.603. The molecule has 0 aliphatic carbocycles. The molecular weight excluding hydrogens is 256 g/mol. The molecule has 0 radical (unpaired) electrons. The number of nitrogens with zero attached hydrogens (tertiary/aromatic N) is 2. The molecule has 16 heavy (non-hydrogen) atoms. The van der Waals surface area contributed by atoms with Gasteiger partial charge in [0.05, 0.1) is 10.6 Å². The Morgan fingerprint density at radius 3 is 2.62 bits per heavy atom. The van der Waals surface area contributed by atoms with Gasteiger partial charge >= 0.3 is 0 Å². The van der Waals surface area contributed by atoms with E-state index in [0.717, 1.165) is 23.5 Å². The Morgan fingerprint density at radius 1 is 1.25 bits per heavy atom. The molecule has 1 aromatic carbocycles. The minimum Gasteiger partial charge on any atom is -0.324 e. The van der Waals surface area contributed by atoms with E-state index in [2.05, 4.69) is 10.2 Å². The highest BCUT2D eigenvalue weighted by Gasteiger charge is 2.14. The molecule has 0 amide bonds. The van der Waals surface area contributed by atoms with Crippen LogP contribution in [0.5, 0.6) is 0 Å². The summed E-state index contributed by atoms with van der Waals surface area (Å²) in [4.78, 5) is 0. The third-order valence-electron chi connectivity index (χ3n) is 1.88. The van der Waals surface area contributed by atoms with E-state index in [4.69, 9.17) is 17.3 Å². The van der Waals surface area contributed by atoms with Crippen molar-refractivity contribution in [2.75, 3.05) is 0 Å². The maximum absolute atomic E-state index is 13.5. The Hall–Kier alpha value is -1.11. The van der Waals surface area contributed by atoms with E-state index in [9.17, 15) is 8.78 Å². The molecule has 84 valence electrons. The van der Waals surface area contributed by atoms with Gasteiger partial charge in [0.2, 0.25) is 0 Å². The quantitative estimate of drug-likeness (QED) is 0.846. The number of aromatic nitrogens is 2. The van der Waals surface area contributed by atoms with Gasteiger partial charge in [-0.3, -0.25) is 0 Å². The second-order valence-corrected chi connectivity index (χ2v) is 4.42. The highest BCUT2D eigenvalue weighted by molar-refractivity contribution is 7.14. The number of hydrogen-bond acceptors (Lipinski definition) is 4. The molecule has 3 nitrogen and oxygen atoms in total. The highest BCUT2D eigenvalue weighted by atomic mass is 35.5. The summed E-state index contributed by atoms with van der Waals surface area (Å²) < 4.78 is 26.7. The van der Waals surface area contributed by atoms with Crippen molar-refractivity contribution < 1.29 is 8.78 Å². The molecule has 1 aromatic heterocycles. The van der Waals surface area contributed by atoms with E-state index in [0.29, 0.717) is 5.01 Å². The SMILES string of the molecule is NCc1nnc(-c2cc(F)c(Cl)cc2F)s1. The fourth-order valence-corrected chi connectivity index (χ4v) is 2.02. The van der Waals surface area contributed by atoms with Crippen LogP contribution in [0.4, 0.5) is 8.78 Å². The van der Waals surface area contributed by atoms with Crippen molar-refractivity contribution in [3.63, 3.8) is 0 Å². The zero-order valence-corrected chi connectivity index (χ0v) is 9.45. The largest absolute Gasteiger partial charge is 0.324 e. The second-order valence-electron chi connectivity index (χ2n) is 2.95. The van der Waals surface area contributed by atoms with Gasteiger partial charge in [0.25, 0.3) is 0 Å². The summed E-state index contributed by atoms with van der Waals surface area (Å²) in [7, 11) is 0. The van der Waals surface area contributed by atoms with Crippen LogP contribution in [0.2, 0.25) is 5.02 Å². The van der Waals surface area contributed by atoms with E-state index < -0.39 is 11.6 Å². The molecule has 2 aromatic rings. The summed E-state index contributed by atoms with van der Waals surface area (Å²) in [6, 6.07) is 1.91. The summed E-state index contributed by atoms with van der Waals surface area (Å²) in [6.07, 6.45) is 0. The zero-order chi connectivity index (χ0) is 11.7. The summed E-state index contributed by atoms with van der Waals surface area (Å²) in [6.45, 7) is 0.218. The van der Waals surface area contributed by atoms with Gasteiger partial charge in [-0.1, -0.05) is 22.9 Å². The average molecular weight is 262 g/mol. The Morgan fingerprint density at radius 2 is 2.00 bits per heavy atom. The third-order valence-corrected chi connectivity index (χ3v) is 3.15. The molecule has 0 bridgehead atoms. The van der Waals surface area contributed by atoms with Crippen LogP contribution in [0.3, 0.4) is 0 Å². The molecule has 0 saturated heterocycles. The van der Waals surface area contributed by atoms with Crippen molar-refractivity contribution in [3.05, 3.63) is 33.8 Å². The number of rotatable bonds is 2. The van der Waals surface area contributed by atoms with E-state index in [1.165, 1.54) is 0 Å². The van der Waals surface area contributed by atoms with Gasteiger partial charge in [0, 0.05) is 6.54 Å². The molecule has 0 fully saturated rings. The van der Waals surface area contributed by atoms with Crippen LogP contribution in [-0.2, 0) is 6.54 Å². The van der Waals surface area contributed by atoms with Crippen molar-refractivity contribution in [1.82, 2.24) is 10.2 Å². The first-order valence-electron chi connectivity index (χ1n) is 4.29. The van der Waals surface area contributed by atoms with Crippen molar-refractivity contribution in [2.45, 2.75) is 6.54 Å². The van der Waals surface area contributed by atoms with Crippen LogP contribution in [0.25, 0.3) is 10.6 Å². The first kappa shape index (κ1) is 11.4. The standard InChI is InChI=1S/C9H6ClF2N3S/c10-5-2-6(11)4(1-7(5)12)9-15-14-8(3-13)16-9/h1-2H,3,13H2. The van der Waals surface area contributed by atoms with Crippen molar-refractivity contribution in [3.8, 4) is 10.6 Å². The lowest BCUT2D eigenvalue weighted by Gasteiger charge is -2.00. The van der Waals surface area contributed by atoms with Crippen LogP contribution in [-0.4, -0.2) is 10.2 Å². The van der Waals surface area contributed by atoms with E-state index in [1.54, 1.807) is 0 Å². The molecule has 2 rings (SSSR count). The van der Waals surface area contributed by atoms with Gasteiger partial charge in [-0.05, 0) is 12.1 Å². The molecule has 0 saturated carbocycles. The van der Waals surface area contributed by atoms with Gasteiger partial charge < -0.3 is 5.73 Å². The zero-order valence-electron chi connectivity index (χ0n) is 7.88. The summed E-state index contributed by atoms with van der Waals surface area (Å²) in [5.74, 6) is -1.33. The molecule has 2 N–H and O–H groups in total. The fraction of sp³-hybridized carbons (Fsp3) is 0.111. The number of nitrogens with two attached hydrogens (primary N) is 1. The first-order valence-corrected chi connectivity index (χ1v) is 5.48. The van der Waals surface area contributed by atoms with Crippen molar-refractivity contribution >= 4 is 22.9 Å². The lowest BCUT2D eigenvalue weighted by Crippen LogP contribution is -1.94. The monoisotopic (exact) mass is 261 g/mol. The average Bonchev–Trinajstić information content (AvgIpc) is 2.71. The summed E-state index contributed by atoms with van der Waals surface area (Å²) in [5, 5.41) is 8.04. The minimum atomic E-state index is -0.692. The number of halogens is 3. The molecule has 1 heterocycles. The predicted octanol–water partition coefficient (Wildman–Crippen LogP) is 2.60.